The number of rotatable bonds is 60. The molecule has 0 bridgehead atoms. The highest BCUT2D eigenvalue weighted by Crippen LogP contribution is 2.24. The monoisotopic (exact) mass is 1120 g/mol. The summed E-state index contributed by atoms with van der Waals surface area (Å²) >= 11 is 0. The van der Waals surface area contributed by atoms with Crippen LogP contribution >= 0.6 is 0 Å². The van der Waals surface area contributed by atoms with E-state index in [1.165, 1.54) is 250 Å². The zero-order valence-electron chi connectivity index (χ0n) is 51.6. The normalized spacial score (nSPS) is 19.4. The van der Waals surface area contributed by atoms with Gasteiger partial charge in [0.15, 0.2) is 6.29 Å². The topological polar surface area (TPSA) is 189 Å². The van der Waals surface area contributed by atoms with Gasteiger partial charge in [0.2, 0.25) is 5.91 Å². The Morgan fingerprint density at radius 3 is 1.13 bits per heavy atom. The van der Waals surface area contributed by atoms with Crippen molar-refractivity contribution >= 4 is 5.91 Å². The van der Waals surface area contributed by atoms with Crippen LogP contribution in [0, 0.1) is 0 Å². The molecule has 0 spiro atoms. The first-order valence-corrected chi connectivity index (χ1v) is 34.2. The average Bonchev–Trinajstić information content (AvgIpc) is 3.45. The fourth-order valence-corrected chi connectivity index (χ4v) is 11.2. The Balaban J connectivity index is 2.11. The Morgan fingerprint density at radius 2 is 0.772 bits per heavy atom. The number of nitrogens with one attached hydrogen (secondary N) is 1. The molecule has 79 heavy (non-hydrogen) atoms. The van der Waals surface area contributed by atoms with E-state index in [0.717, 1.165) is 44.9 Å². The molecule has 1 fully saturated rings. The van der Waals surface area contributed by atoms with Gasteiger partial charge in [-0.25, -0.2) is 0 Å². The van der Waals surface area contributed by atoms with Gasteiger partial charge in [0, 0.05) is 0 Å². The first-order valence-electron chi connectivity index (χ1n) is 34.2. The summed E-state index contributed by atoms with van der Waals surface area (Å²) in [6.45, 7) is 3.49. The lowest BCUT2D eigenvalue weighted by molar-refractivity contribution is -0.303. The first-order chi connectivity index (χ1) is 38.7. The Hall–Kier alpha value is -1.41. The first kappa shape index (κ1) is 75.6. The maximum Gasteiger partial charge on any atom is 0.249 e. The van der Waals surface area contributed by atoms with Crippen LogP contribution in [0.5, 0.6) is 0 Å². The zero-order valence-corrected chi connectivity index (χ0v) is 51.6. The van der Waals surface area contributed by atoms with Gasteiger partial charge in [-0.3, -0.25) is 4.79 Å². The largest absolute Gasteiger partial charge is 0.394 e. The SMILES string of the molecule is CCCCCCCCCCCCCCCCC/C=C\C/C=C\CCCCCCCCCCCCCCCCCCC(O)C(=O)NC(COC1OC(CO)C(O)C(O)C1O)C(O)C(O)CCCCCCCCCCCCCCCC. The van der Waals surface area contributed by atoms with E-state index in [0.29, 0.717) is 19.3 Å². The van der Waals surface area contributed by atoms with Gasteiger partial charge in [-0.2, -0.15) is 0 Å². The van der Waals surface area contributed by atoms with Gasteiger partial charge in [0.25, 0.3) is 0 Å². The van der Waals surface area contributed by atoms with Crippen molar-refractivity contribution in [1.82, 2.24) is 5.32 Å². The number of amides is 1. The third-order valence-corrected chi connectivity index (χ3v) is 16.8. The second-order valence-electron chi connectivity index (χ2n) is 24.3. The van der Waals surface area contributed by atoms with E-state index in [-0.39, 0.29) is 6.42 Å². The molecule has 1 saturated heterocycles. The van der Waals surface area contributed by atoms with Crippen LogP contribution in [0.15, 0.2) is 24.3 Å². The molecular formula is C68H131NO10. The van der Waals surface area contributed by atoms with E-state index in [1.54, 1.807) is 0 Å². The highest BCUT2D eigenvalue weighted by molar-refractivity contribution is 5.80. The number of allylic oxidation sites excluding steroid dienone is 4. The summed E-state index contributed by atoms with van der Waals surface area (Å²) in [5, 5.41) is 76.3. The van der Waals surface area contributed by atoms with E-state index >= 15 is 0 Å². The molecule has 1 heterocycles. The number of hydrogen-bond donors (Lipinski definition) is 8. The van der Waals surface area contributed by atoms with Crippen molar-refractivity contribution < 1.29 is 50.0 Å². The van der Waals surface area contributed by atoms with Crippen molar-refractivity contribution in [2.24, 2.45) is 0 Å². The molecule has 0 saturated carbocycles. The number of carbonyl (C=O) groups is 1. The Labute approximate surface area is 486 Å². The third-order valence-electron chi connectivity index (χ3n) is 16.8. The van der Waals surface area contributed by atoms with Gasteiger partial charge in [-0.05, 0) is 44.9 Å². The van der Waals surface area contributed by atoms with E-state index in [9.17, 15) is 40.5 Å². The molecule has 0 aliphatic carbocycles. The lowest BCUT2D eigenvalue weighted by Crippen LogP contribution is -2.60. The van der Waals surface area contributed by atoms with E-state index in [4.69, 9.17) is 9.47 Å². The second kappa shape index (κ2) is 57.0. The van der Waals surface area contributed by atoms with Crippen LogP contribution in [-0.2, 0) is 14.3 Å². The molecule has 468 valence electrons. The van der Waals surface area contributed by atoms with Crippen molar-refractivity contribution in [3.63, 3.8) is 0 Å². The highest BCUT2D eigenvalue weighted by Gasteiger charge is 2.44. The molecule has 0 aromatic rings. The smallest absolute Gasteiger partial charge is 0.249 e. The number of unbranched alkanes of at least 4 members (excludes halogenated alkanes) is 44. The van der Waals surface area contributed by atoms with Crippen molar-refractivity contribution in [3.05, 3.63) is 24.3 Å². The van der Waals surface area contributed by atoms with Crippen LogP contribution in [0.3, 0.4) is 0 Å². The number of ether oxygens (including phenoxy) is 2. The van der Waals surface area contributed by atoms with Gasteiger partial charge in [0.05, 0.1) is 25.4 Å². The second-order valence-corrected chi connectivity index (χ2v) is 24.3. The number of hydrogen-bond acceptors (Lipinski definition) is 10. The summed E-state index contributed by atoms with van der Waals surface area (Å²) in [5.74, 6) is -0.692. The van der Waals surface area contributed by atoms with Crippen molar-refractivity contribution in [2.75, 3.05) is 13.2 Å². The van der Waals surface area contributed by atoms with E-state index in [2.05, 4.69) is 43.5 Å². The van der Waals surface area contributed by atoms with Crippen LogP contribution in [0.2, 0.25) is 0 Å². The molecule has 1 rings (SSSR count). The summed E-state index contributed by atoms with van der Waals surface area (Å²) < 4.78 is 11.2. The average molecular weight is 1120 g/mol. The molecule has 0 aromatic carbocycles. The van der Waals surface area contributed by atoms with Gasteiger partial charge in [0.1, 0.15) is 36.6 Å². The van der Waals surface area contributed by atoms with Crippen LogP contribution in [0.25, 0.3) is 0 Å². The molecule has 0 radical (unpaired) electrons. The molecule has 0 aromatic heterocycles. The molecular weight excluding hydrogens is 991 g/mol. The Morgan fingerprint density at radius 1 is 0.443 bits per heavy atom. The quantitative estimate of drug-likeness (QED) is 0.0215. The van der Waals surface area contributed by atoms with E-state index < -0.39 is 74.2 Å². The maximum absolute atomic E-state index is 13.2. The molecule has 1 aliphatic rings. The van der Waals surface area contributed by atoms with E-state index in [1.807, 2.05) is 0 Å². The van der Waals surface area contributed by atoms with Gasteiger partial charge < -0.3 is 50.5 Å². The Kier molecular flexibility index (Phi) is 54.6. The molecule has 11 nitrogen and oxygen atoms in total. The minimum atomic E-state index is -1.66. The number of carbonyl (C=O) groups excluding carboxylic acids is 1. The maximum atomic E-state index is 13.2. The van der Waals surface area contributed by atoms with Crippen LogP contribution in [0.4, 0.5) is 0 Å². The third kappa shape index (κ3) is 44.7. The zero-order chi connectivity index (χ0) is 57.5. The lowest BCUT2D eigenvalue weighted by Gasteiger charge is -2.40. The van der Waals surface area contributed by atoms with Gasteiger partial charge >= 0.3 is 0 Å². The number of aliphatic hydroxyl groups is 7. The summed E-state index contributed by atoms with van der Waals surface area (Å²) in [7, 11) is 0. The van der Waals surface area contributed by atoms with Crippen LogP contribution < -0.4 is 5.32 Å². The van der Waals surface area contributed by atoms with Crippen molar-refractivity contribution in [2.45, 2.75) is 390 Å². The summed E-state index contributed by atoms with van der Waals surface area (Å²) in [5.41, 5.74) is 0. The summed E-state index contributed by atoms with van der Waals surface area (Å²) in [4.78, 5) is 13.2. The lowest BCUT2D eigenvalue weighted by atomic mass is 9.98. The number of aliphatic hydroxyl groups excluding tert-OH is 7. The fraction of sp³-hybridized carbons (Fsp3) is 0.926. The molecule has 9 unspecified atom stereocenters. The summed E-state index contributed by atoms with van der Waals surface area (Å²) in [6, 6.07) is -1.17. The van der Waals surface area contributed by atoms with Crippen LogP contribution in [-0.4, -0.2) is 110 Å². The van der Waals surface area contributed by atoms with Gasteiger partial charge in [-0.1, -0.05) is 314 Å². The van der Waals surface area contributed by atoms with Gasteiger partial charge in [-0.15, -0.1) is 0 Å². The fourth-order valence-electron chi connectivity index (χ4n) is 11.2. The predicted octanol–water partition coefficient (Wildman–Crippen LogP) is 16.0. The van der Waals surface area contributed by atoms with Crippen LogP contribution in [0.1, 0.15) is 335 Å². The molecule has 1 amide bonds. The van der Waals surface area contributed by atoms with Crippen molar-refractivity contribution in [3.8, 4) is 0 Å². The standard InChI is InChI=1S/C68H131NO10/c1-3-5-7-9-11-13-15-17-19-20-21-22-23-24-25-26-27-28-29-30-31-32-33-34-35-36-37-38-39-40-41-42-44-46-48-50-52-54-56-61(72)67(77)69-59(58-78-68-66(76)65(75)64(74)62(57-70)79-68)63(73)60(71)55-53-51-49-47-45-43-18-16-14-12-10-8-6-4-2/h27-28,30-31,59-66,68,70-76H,3-26,29,32-58H2,1-2H3,(H,69,77)/b28-27-,31-30-. The Bertz CT molecular complexity index is 1330. The minimum absolute atomic E-state index is 0.263. The summed E-state index contributed by atoms with van der Waals surface area (Å²) in [6.07, 6.45) is 59.9. The predicted molar refractivity (Wildman–Crippen MR) is 330 cm³/mol. The molecule has 8 N–H and O–H groups in total. The minimum Gasteiger partial charge on any atom is -0.394 e. The van der Waals surface area contributed by atoms with Crippen molar-refractivity contribution in [1.29, 1.82) is 0 Å². The molecule has 11 heteroatoms. The molecule has 9 atom stereocenters. The highest BCUT2D eigenvalue weighted by atomic mass is 16.7. The molecule has 1 aliphatic heterocycles.